The zero-order valence-corrected chi connectivity index (χ0v) is 6.14. The van der Waals surface area contributed by atoms with Crippen molar-refractivity contribution in [3.05, 3.63) is 0 Å². The summed E-state index contributed by atoms with van der Waals surface area (Å²) in [5.74, 6) is 0. The highest BCUT2D eigenvalue weighted by atomic mass is 17.2. The summed E-state index contributed by atoms with van der Waals surface area (Å²) in [6.45, 7) is 5.97. The summed E-state index contributed by atoms with van der Waals surface area (Å²) in [4.78, 5) is 9.66. The van der Waals surface area contributed by atoms with Crippen LogP contribution < -0.4 is 0 Å². The molecular weight excluding hydrogens is 116 g/mol. The molecule has 0 spiro atoms. The van der Waals surface area contributed by atoms with Crippen molar-refractivity contribution in [3.8, 4) is 0 Å². The quantitative estimate of drug-likeness (QED) is 0.465. The molecule has 0 atom stereocenters. The molecule has 2 heteroatoms. The zero-order chi connectivity index (χ0) is 6.74. The number of hydrogen-bond donors (Lipinski definition) is 0. The fourth-order valence-electron chi connectivity index (χ4n) is 0.879. The van der Waals surface area contributed by atoms with Gasteiger partial charge < -0.3 is 0 Å². The molecule has 0 aliphatic carbocycles. The van der Waals surface area contributed by atoms with Crippen LogP contribution in [-0.2, 0) is 9.78 Å². The molecule has 1 rings (SSSR count). The molecule has 0 amide bonds. The molecule has 1 fully saturated rings. The van der Waals surface area contributed by atoms with Gasteiger partial charge in [0, 0.05) is 0 Å². The third-order valence-corrected chi connectivity index (χ3v) is 1.81. The zero-order valence-electron chi connectivity index (χ0n) is 6.14. The predicted molar refractivity (Wildman–Crippen MR) is 34.9 cm³/mol. The van der Waals surface area contributed by atoms with Crippen LogP contribution in [0.2, 0.25) is 0 Å². The van der Waals surface area contributed by atoms with Gasteiger partial charge in [-0.15, -0.1) is 0 Å². The minimum Gasteiger partial charge on any atom is -0.237 e. The van der Waals surface area contributed by atoms with Crippen molar-refractivity contribution in [2.75, 3.05) is 13.2 Å². The molecular formula is C7H14O2. The first-order chi connectivity index (χ1) is 4.21. The maximum Gasteiger partial charge on any atom is 0.0827 e. The van der Waals surface area contributed by atoms with E-state index in [2.05, 4.69) is 13.8 Å². The Hall–Kier alpha value is -0.0800. The van der Waals surface area contributed by atoms with Crippen LogP contribution in [-0.4, -0.2) is 13.2 Å². The van der Waals surface area contributed by atoms with E-state index in [-0.39, 0.29) is 0 Å². The van der Waals surface area contributed by atoms with Gasteiger partial charge in [-0.1, -0.05) is 13.8 Å². The second kappa shape index (κ2) is 2.67. The van der Waals surface area contributed by atoms with Crippen LogP contribution in [0.25, 0.3) is 0 Å². The van der Waals surface area contributed by atoms with Crippen LogP contribution in [0.3, 0.4) is 0 Å². The second-order valence-corrected chi connectivity index (χ2v) is 3.31. The summed E-state index contributed by atoms with van der Waals surface area (Å²) in [5, 5.41) is 0. The van der Waals surface area contributed by atoms with Crippen LogP contribution in [0.15, 0.2) is 0 Å². The van der Waals surface area contributed by atoms with Gasteiger partial charge in [-0.05, 0) is 18.3 Å². The first-order valence-electron chi connectivity index (χ1n) is 3.45. The van der Waals surface area contributed by atoms with Crippen molar-refractivity contribution in [2.45, 2.75) is 26.7 Å². The Balaban J connectivity index is 2.36. The third kappa shape index (κ3) is 2.33. The van der Waals surface area contributed by atoms with Crippen molar-refractivity contribution in [3.63, 3.8) is 0 Å². The molecule has 0 aromatic carbocycles. The van der Waals surface area contributed by atoms with Crippen molar-refractivity contribution < 1.29 is 9.78 Å². The van der Waals surface area contributed by atoms with Gasteiger partial charge in [-0.25, -0.2) is 9.78 Å². The molecule has 0 saturated carbocycles. The van der Waals surface area contributed by atoms with E-state index in [0.29, 0.717) is 5.41 Å². The molecule has 1 saturated heterocycles. The second-order valence-electron chi connectivity index (χ2n) is 3.31. The van der Waals surface area contributed by atoms with Gasteiger partial charge in [-0.3, -0.25) is 0 Å². The Morgan fingerprint density at radius 2 is 1.44 bits per heavy atom. The van der Waals surface area contributed by atoms with E-state index in [1.807, 2.05) is 0 Å². The normalized spacial score (nSPS) is 27.3. The molecule has 0 aromatic heterocycles. The van der Waals surface area contributed by atoms with E-state index in [4.69, 9.17) is 9.78 Å². The van der Waals surface area contributed by atoms with Crippen LogP contribution in [0.5, 0.6) is 0 Å². The van der Waals surface area contributed by atoms with Crippen molar-refractivity contribution in [1.29, 1.82) is 0 Å². The Morgan fingerprint density at radius 1 is 1.00 bits per heavy atom. The predicted octanol–water partition coefficient (Wildman–Crippen LogP) is 1.75. The lowest BCUT2D eigenvalue weighted by Crippen LogP contribution is -2.11. The lowest BCUT2D eigenvalue weighted by Gasteiger charge is -2.18. The van der Waals surface area contributed by atoms with E-state index < -0.39 is 0 Å². The first-order valence-corrected chi connectivity index (χ1v) is 3.45. The molecule has 0 bridgehead atoms. The smallest absolute Gasteiger partial charge is 0.0827 e. The lowest BCUT2D eigenvalue weighted by molar-refractivity contribution is -0.287. The average molecular weight is 130 g/mol. The summed E-state index contributed by atoms with van der Waals surface area (Å²) in [7, 11) is 0. The fourth-order valence-corrected chi connectivity index (χ4v) is 0.879. The molecule has 0 N–H and O–H groups in total. The molecule has 1 heterocycles. The van der Waals surface area contributed by atoms with Crippen molar-refractivity contribution in [2.24, 2.45) is 5.41 Å². The Labute approximate surface area is 56.1 Å². The highest BCUT2D eigenvalue weighted by Crippen LogP contribution is 2.26. The highest BCUT2D eigenvalue weighted by molar-refractivity contribution is 4.68. The summed E-state index contributed by atoms with van der Waals surface area (Å²) in [6, 6.07) is 0. The van der Waals surface area contributed by atoms with Gasteiger partial charge in [0.1, 0.15) is 0 Å². The van der Waals surface area contributed by atoms with Crippen LogP contribution in [0, 0.1) is 5.41 Å². The Morgan fingerprint density at radius 3 is 1.89 bits per heavy atom. The van der Waals surface area contributed by atoms with E-state index >= 15 is 0 Å². The molecule has 0 unspecified atom stereocenters. The van der Waals surface area contributed by atoms with Crippen molar-refractivity contribution >= 4 is 0 Å². The molecule has 2 nitrogen and oxygen atoms in total. The van der Waals surface area contributed by atoms with Gasteiger partial charge in [0.25, 0.3) is 0 Å². The van der Waals surface area contributed by atoms with Crippen LogP contribution in [0.1, 0.15) is 26.7 Å². The molecule has 1 aliphatic rings. The fraction of sp³-hybridized carbons (Fsp3) is 1.00. The molecule has 0 aromatic rings. The van der Waals surface area contributed by atoms with Crippen molar-refractivity contribution in [1.82, 2.24) is 0 Å². The third-order valence-electron chi connectivity index (χ3n) is 1.81. The minimum atomic E-state index is 0.413. The SMILES string of the molecule is CC1(C)CCOOCC1. The van der Waals surface area contributed by atoms with Gasteiger partial charge in [-0.2, -0.15) is 0 Å². The summed E-state index contributed by atoms with van der Waals surface area (Å²) in [6.07, 6.45) is 2.21. The molecule has 54 valence electrons. The van der Waals surface area contributed by atoms with Gasteiger partial charge in [0.2, 0.25) is 0 Å². The summed E-state index contributed by atoms with van der Waals surface area (Å²) < 4.78 is 0. The Bertz CT molecular complexity index is 78.9. The standard InChI is InChI=1S/C7H14O2/c1-7(2)3-5-8-9-6-4-7/h3-6H2,1-2H3. The van der Waals surface area contributed by atoms with E-state index in [1.165, 1.54) is 0 Å². The maximum absolute atomic E-state index is 4.83. The van der Waals surface area contributed by atoms with Gasteiger partial charge >= 0.3 is 0 Å². The van der Waals surface area contributed by atoms with Crippen LogP contribution in [0.4, 0.5) is 0 Å². The molecule has 1 aliphatic heterocycles. The van der Waals surface area contributed by atoms with E-state index in [0.717, 1.165) is 26.1 Å². The monoisotopic (exact) mass is 130 g/mol. The number of hydrogen-bond acceptors (Lipinski definition) is 2. The number of rotatable bonds is 0. The Kier molecular flexibility index (Phi) is 2.09. The highest BCUT2D eigenvalue weighted by Gasteiger charge is 2.20. The molecule has 0 radical (unpaired) electrons. The topological polar surface area (TPSA) is 18.5 Å². The minimum absolute atomic E-state index is 0.413. The van der Waals surface area contributed by atoms with Gasteiger partial charge in [0.15, 0.2) is 0 Å². The van der Waals surface area contributed by atoms with E-state index in [9.17, 15) is 0 Å². The van der Waals surface area contributed by atoms with E-state index in [1.54, 1.807) is 0 Å². The van der Waals surface area contributed by atoms with Crippen LogP contribution >= 0.6 is 0 Å². The first kappa shape index (κ1) is 7.03. The molecule has 9 heavy (non-hydrogen) atoms. The maximum atomic E-state index is 4.83. The summed E-state index contributed by atoms with van der Waals surface area (Å²) in [5.41, 5.74) is 0.413. The average Bonchev–Trinajstić information content (AvgIpc) is 1.92. The largest absolute Gasteiger partial charge is 0.237 e. The summed E-state index contributed by atoms with van der Waals surface area (Å²) >= 11 is 0. The lowest BCUT2D eigenvalue weighted by atomic mass is 9.87. The van der Waals surface area contributed by atoms with Gasteiger partial charge in [0.05, 0.1) is 13.2 Å².